The minimum Gasteiger partial charge on any atom is -0.492 e. The average Bonchev–Trinajstić information content (AvgIpc) is 3.12. The molecule has 2 rings (SSSR count). The Morgan fingerprint density at radius 3 is 3.00 bits per heavy atom. The monoisotopic (exact) mass is 218 g/mol. The molecule has 1 N–H and O–H groups in total. The van der Waals surface area contributed by atoms with Crippen molar-refractivity contribution in [3.8, 4) is 5.75 Å². The molecule has 1 aliphatic carbocycles. The Kier molecular flexibility index (Phi) is 3.94. The van der Waals surface area contributed by atoms with E-state index < -0.39 is 0 Å². The number of ether oxygens (including phenoxy) is 1. The molecular weight excluding hydrogens is 200 g/mol. The highest BCUT2D eigenvalue weighted by Crippen LogP contribution is 2.19. The van der Waals surface area contributed by atoms with Crippen molar-refractivity contribution in [3.05, 3.63) is 36.7 Å². The zero-order chi connectivity index (χ0) is 11.2. The first-order valence-corrected chi connectivity index (χ1v) is 5.80. The fourth-order valence-corrected chi connectivity index (χ4v) is 1.40. The molecule has 3 nitrogen and oxygen atoms in total. The number of hydrogen-bond acceptors (Lipinski definition) is 3. The van der Waals surface area contributed by atoms with Crippen LogP contribution in [0.15, 0.2) is 31.0 Å². The van der Waals surface area contributed by atoms with Crippen molar-refractivity contribution in [1.82, 2.24) is 10.3 Å². The number of aromatic nitrogens is 1. The standard InChI is InChI=1S/C13H18N2O/c1-2-3-8-16-13-7-6-12(15-10-13)9-14-11-4-5-11/h2,6-7,10-11,14H,1,3-5,8-9H2. The first kappa shape index (κ1) is 11.1. The van der Waals surface area contributed by atoms with Crippen LogP contribution in [0.2, 0.25) is 0 Å². The van der Waals surface area contributed by atoms with Gasteiger partial charge in [-0.15, -0.1) is 6.58 Å². The normalized spacial score (nSPS) is 14.8. The molecule has 1 heterocycles. The van der Waals surface area contributed by atoms with E-state index in [1.807, 2.05) is 18.2 Å². The van der Waals surface area contributed by atoms with Gasteiger partial charge in [0.1, 0.15) is 5.75 Å². The van der Waals surface area contributed by atoms with Crippen molar-refractivity contribution < 1.29 is 4.74 Å². The minimum atomic E-state index is 0.671. The largest absolute Gasteiger partial charge is 0.492 e. The minimum absolute atomic E-state index is 0.671. The molecule has 0 unspecified atom stereocenters. The summed E-state index contributed by atoms with van der Waals surface area (Å²) in [7, 11) is 0. The highest BCUT2D eigenvalue weighted by molar-refractivity contribution is 5.19. The van der Waals surface area contributed by atoms with Gasteiger partial charge in [0.05, 0.1) is 18.5 Å². The lowest BCUT2D eigenvalue weighted by atomic mass is 10.3. The average molecular weight is 218 g/mol. The van der Waals surface area contributed by atoms with Crippen LogP contribution in [0.25, 0.3) is 0 Å². The molecule has 0 atom stereocenters. The Morgan fingerprint density at radius 2 is 2.38 bits per heavy atom. The van der Waals surface area contributed by atoms with E-state index in [4.69, 9.17) is 4.74 Å². The summed E-state index contributed by atoms with van der Waals surface area (Å²) < 4.78 is 5.49. The second-order valence-electron chi connectivity index (χ2n) is 4.07. The van der Waals surface area contributed by atoms with Crippen LogP contribution in [-0.4, -0.2) is 17.6 Å². The van der Waals surface area contributed by atoms with Gasteiger partial charge in [0.2, 0.25) is 0 Å². The molecule has 1 saturated carbocycles. The fourth-order valence-electron chi connectivity index (χ4n) is 1.40. The highest BCUT2D eigenvalue weighted by Gasteiger charge is 2.19. The Bertz CT molecular complexity index is 330. The topological polar surface area (TPSA) is 34.1 Å². The third kappa shape index (κ3) is 3.66. The van der Waals surface area contributed by atoms with Crippen molar-refractivity contribution in [1.29, 1.82) is 0 Å². The van der Waals surface area contributed by atoms with Crippen LogP contribution in [0.1, 0.15) is 25.0 Å². The van der Waals surface area contributed by atoms with Crippen molar-refractivity contribution >= 4 is 0 Å². The van der Waals surface area contributed by atoms with E-state index in [-0.39, 0.29) is 0 Å². The summed E-state index contributed by atoms with van der Waals surface area (Å²) in [4.78, 5) is 4.34. The summed E-state index contributed by atoms with van der Waals surface area (Å²) in [6.07, 6.45) is 7.12. The Labute approximate surface area is 96.5 Å². The van der Waals surface area contributed by atoms with E-state index in [2.05, 4.69) is 16.9 Å². The number of hydrogen-bond donors (Lipinski definition) is 1. The van der Waals surface area contributed by atoms with Gasteiger partial charge in [-0.25, -0.2) is 0 Å². The summed E-state index contributed by atoms with van der Waals surface area (Å²) >= 11 is 0. The zero-order valence-electron chi connectivity index (χ0n) is 9.48. The molecule has 0 spiro atoms. The van der Waals surface area contributed by atoms with E-state index >= 15 is 0 Å². The van der Waals surface area contributed by atoms with Crippen LogP contribution in [-0.2, 0) is 6.54 Å². The molecule has 1 aromatic heterocycles. The van der Waals surface area contributed by atoms with E-state index in [0.717, 1.165) is 30.5 Å². The SMILES string of the molecule is C=CCCOc1ccc(CNC2CC2)nc1. The molecule has 1 fully saturated rings. The van der Waals surface area contributed by atoms with Crippen LogP contribution in [0.3, 0.4) is 0 Å². The zero-order valence-corrected chi connectivity index (χ0v) is 9.48. The van der Waals surface area contributed by atoms with Gasteiger partial charge in [-0.05, 0) is 31.4 Å². The lowest BCUT2D eigenvalue weighted by molar-refractivity contribution is 0.323. The number of pyridine rings is 1. The van der Waals surface area contributed by atoms with E-state index in [1.165, 1.54) is 12.8 Å². The molecular formula is C13H18N2O. The highest BCUT2D eigenvalue weighted by atomic mass is 16.5. The maximum atomic E-state index is 5.49. The molecule has 0 amide bonds. The molecule has 1 aromatic rings. The third-order valence-electron chi connectivity index (χ3n) is 2.54. The third-order valence-corrected chi connectivity index (χ3v) is 2.54. The number of nitrogens with zero attached hydrogens (tertiary/aromatic N) is 1. The molecule has 0 radical (unpaired) electrons. The molecule has 16 heavy (non-hydrogen) atoms. The van der Waals surface area contributed by atoms with E-state index in [1.54, 1.807) is 6.20 Å². The summed E-state index contributed by atoms with van der Waals surface area (Å²) in [6.45, 7) is 5.18. The molecule has 0 saturated heterocycles. The van der Waals surface area contributed by atoms with Crippen LogP contribution in [0.5, 0.6) is 5.75 Å². The van der Waals surface area contributed by atoms with Gasteiger partial charge in [-0.1, -0.05) is 6.08 Å². The van der Waals surface area contributed by atoms with Gasteiger partial charge >= 0.3 is 0 Å². The van der Waals surface area contributed by atoms with E-state index in [9.17, 15) is 0 Å². The Morgan fingerprint density at radius 1 is 1.50 bits per heavy atom. The lowest BCUT2D eigenvalue weighted by Crippen LogP contribution is -2.16. The second-order valence-corrected chi connectivity index (χ2v) is 4.07. The quantitative estimate of drug-likeness (QED) is 0.563. The van der Waals surface area contributed by atoms with Crippen LogP contribution >= 0.6 is 0 Å². The van der Waals surface area contributed by atoms with Gasteiger partial charge in [0.15, 0.2) is 0 Å². The van der Waals surface area contributed by atoms with Crippen molar-refractivity contribution in [2.24, 2.45) is 0 Å². The Hall–Kier alpha value is -1.35. The molecule has 1 aliphatic rings. The van der Waals surface area contributed by atoms with Gasteiger partial charge in [-0.3, -0.25) is 4.98 Å². The fraction of sp³-hybridized carbons (Fsp3) is 0.462. The summed E-state index contributed by atoms with van der Waals surface area (Å²) in [5.41, 5.74) is 1.07. The number of rotatable bonds is 7. The first-order chi connectivity index (χ1) is 7.88. The predicted molar refractivity (Wildman–Crippen MR) is 64.4 cm³/mol. The molecule has 0 aromatic carbocycles. The van der Waals surface area contributed by atoms with Gasteiger partial charge in [0, 0.05) is 12.6 Å². The first-order valence-electron chi connectivity index (χ1n) is 5.80. The second kappa shape index (κ2) is 5.66. The van der Waals surface area contributed by atoms with Gasteiger partial charge in [-0.2, -0.15) is 0 Å². The maximum absolute atomic E-state index is 5.49. The molecule has 3 heteroatoms. The predicted octanol–water partition coefficient (Wildman–Crippen LogP) is 2.29. The smallest absolute Gasteiger partial charge is 0.137 e. The Balaban J connectivity index is 1.76. The van der Waals surface area contributed by atoms with Crippen molar-refractivity contribution in [2.75, 3.05) is 6.61 Å². The van der Waals surface area contributed by atoms with E-state index in [0.29, 0.717) is 6.61 Å². The van der Waals surface area contributed by atoms with Gasteiger partial charge < -0.3 is 10.1 Å². The maximum Gasteiger partial charge on any atom is 0.137 e. The van der Waals surface area contributed by atoms with Crippen LogP contribution < -0.4 is 10.1 Å². The summed E-state index contributed by atoms with van der Waals surface area (Å²) in [6, 6.07) is 4.71. The van der Waals surface area contributed by atoms with Crippen LogP contribution in [0.4, 0.5) is 0 Å². The lowest BCUT2D eigenvalue weighted by Gasteiger charge is -2.05. The number of nitrogens with one attached hydrogen (secondary N) is 1. The van der Waals surface area contributed by atoms with Crippen molar-refractivity contribution in [2.45, 2.75) is 31.8 Å². The van der Waals surface area contributed by atoms with Gasteiger partial charge in [0.25, 0.3) is 0 Å². The van der Waals surface area contributed by atoms with Crippen molar-refractivity contribution in [3.63, 3.8) is 0 Å². The summed E-state index contributed by atoms with van der Waals surface area (Å²) in [5.74, 6) is 0.831. The van der Waals surface area contributed by atoms with Crippen LogP contribution in [0, 0.1) is 0 Å². The molecule has 86 valence electrons. The summed E-state index contributed by atoms with van der Waals surface area (Å²) in [5, 5.41) is 3.43. The molecule has 0 aliphatic heterocycles. The molecule has 0 bridgehead atoms.